The molecule has 8 nitrogen and oxygen atoms in total. The third-order valence-electron chi connectivity index (χ3n) is 7.81. The van der Waals surface area contributed by atoms with Gasteiger partial charge in [0.15, 0.2) is 0 Å². The number of hydrogen-bond acceptors (Lipinski definition) is 5. The van der Waals surface area contributed by atoms with E-state index in [1.165, 1.54) is 56.4 Å². The minimum Gasteiger partial charge on any atom is -0.488 e. The number of carbonyl (C=O) groups is 2. The molecule has 0 unspecified atom stereocenters. The number of likely N-dealkylation sites (N-methyl/N-ethyl adjacent to an activating group) is 1. The molecule has 1 aliphatic heterocycles. The fourth-order valence-corrected chi connectivity index (χ4v) is 5.54. The van der Waals surface area contributed by atoms with Crippen LogP contribution in [-0.4, -0.2) is 72.3 Å². The second kappa shape index (κ2) is 13.3. The lowest BCUT2D eigenvalue weighted by Crippen LogP contribution is -2.50. The molecule has 39 heavy (non-hydrogen) atoms. The standard InChI is InChI=1S/C30H41FN4O4/c1-20-16-35(21(2)19-36)29(37)26-15-25(33-30(38)32-24-11-9-23(31)10-12-24)13-14-27(26)39-28(20)18-34(3)17-22-7-5-4-6-8-22/h9-15,20-22,28,36H,4-8,16-19H2,1-3H3,(H2,32,33,38)/t20-,21+,28-/m1/s1. The molecule has 212 valence electrons. The Morgan fingerprint density at radius 1 is 1.10 bits per heavy atom. The fraction of sp³-hybridized carbons (Fsp3) is 0.533. The number of ether oxygens (including phenoxy) is 1. The lowest BCUT2D eigenvalue weighted by molar-refractivity contribution is 0.0330. The van der Waals surface area contributed by atoms with Crippen molar-refractivity contribution in [3.8, 4) is 5.75 Å². The van der Waals surface area contributed by atoms with Crippen LogP contribution in [0.1, 0.15) is 56.3 Å². The summed E-state index contributed by atoms with van der Waals surface area (Å²) in [6, 6.07) is 9.59. The Kier molecular flexibility index (Phi) is 9.80. The minimum atomic E-state index is -0.516. The zero-order valence-corrected chi connectivity index (χ0v) is 23.2. The fourth-order valence-electron chi connectivity index (χ4n) is 5.54. The van der Waals surface area contributed by atoms with Crippen LogP contribution in [0, 0.1) is 17.7 Å². The summed E-state index contributed by atoms with van der Waals surface area (Å²) in [5.74, 6) is 0.569. The number of urea groups is 1. The Balaban J connectivity index is 1.53. The van der Waals surface area contributed by atoms with Gasteiger partial charge in [0.1, 0.15) is 17.7 Å². The first-order chi connectivity index (χ1) is 18.7. The average molecular weight is 541 g/mol. The third-order valence-corrected chi connectivity index (χ3v) is 7.81. The van der Waals surface area contributed by atoms with Crippen LogP contribution >= 0.6 is 0 Å². The van der Waals surface area contributed by atoms with E-state index in [9.17, 15) is 19.1 Å². The number of aliphatic hydroxyl groups is 1. The van der Waals surface area contributed by atoms with Gasteiger partial charge in [0, 0.05) is 36.9 Å². The molecule has 2 aliphatic rings. The largest absolute Gasteiger partial charge is 0.488 e. The van der Waals surface area contributed by atoms with Gasteiger partial charge in [-0.1, -0.05) is 26.2 Å². The third kappa shape index (κ3) is 7.70. The molecule has 3 N–H and O–H groups in total. The maximum atomic E-state index is 13.6. The van der Waals surface area contributed by atoms with Crippen LogP contribution in [0.15, 0.2) is 42.5 Å². The quantitative estimate of drug-likeness (QED) is 0.428. The molecule has 1 heterocycles. The summed E-state index contributed by atoms with van der Waals surface area (Å²) < 4.78 is 19.7. The predicted octanol–water partition coefficient (Wildman–Crippen LogP) is 5.20. The number of amides is 3. The summed E-state index contributed by atoms with van der Waals surface area (Å²) in [6.45, 7) is 5.97. The van der Waals surface area contributed by atoms with Crippen molar-refractivity contribution in [3.63, 3.8) is 0 Å². The van der Waals surface area contributed by atoms with Crippen molar-refractivity contribution < 1.29 is 23.8 Å². The van der Waals surface area contributed by atoms with Crippen molar-refractivity contribution in [3.05, 3.63) is 53.8 Å². The smallest absolute Gasteiger partial charge is 0.323 e. The molecule has 0 spiro atoms. The second-order valence-corrected chi connectivity index (χ2v) is 11.1. The highest BCUT2D eigenvalue weighted by atomic mass is 19.1. The summed E-state index contributed by atoms with van der Waals surface area (Å²) in [7, 11) is 2.14. The van der Waals surface area contributed by atoms with E-state index in [0.717, 1.165) is 13.1 Å². The van der Waals surface area contributed by atoms with Crippen molar-refractivity contribution in [1.29, 1.82) is 0 Å². The zero-order chi connectivity index (χ0) is 27.9. The number of hydrogen-bond donors (Lipinski definition) is 3. The molecule has 0 bridgehead atoms. The topological polar surface area (TPSA) is 94.1 Å². The van der Waals surface area contributed by atoms with Gasteiger partial charge < -0.3 is 30.3 Å². The average Bonchev–Trinajstić information content (AvgIpc) is 2.92. The first kappa shape index (κ1) is 28.8. The van der Waals surface area contributed by atoms with E-state index < -0.39 is 11.8 Å². The van der Waals surface area contributed by atoms with E-state index >= 15 is 0 Å². The van der Waals surface area contributed by atoms with E-state index in [0.29, 0.717) is 35.2 Å². The number of nitrogens with zero attached hydrogens (tertiary/aromatic N) is 2. The van der Waals surface area contributed by atoms with Gasteiger partial charge in [-0.25, -0.2) is 9.18 Å². The zero-order valence-electron chi connectivity index (χ0n) is 23.2. The molecular weight excluding hydrogens is 499 g/mol. The van der Waals surface area contributed by atoms with E-state index in [2.05, 4.69) is 29.5 Å². The molecule has 0 saturated heterocycles. The van der Waals surface area contributed by atoms with E-state index in [-0.39, 0.29) is 30.6 Å². The van der Waals surface area contributed by atoms with Crippen molar-refractivity contribution in [2.24, 2.45) is 11.8 Å². The van der Waals surface area contributed by atoms with Crippen LogP contribution in [0.3, 0.4) is 0 Å². The Morgan fingerprint density at radius 2 is 1.77 bits per heavy atom. The van der Waals surface area contributed by atoms with Crippen LogP contribution < -0.4 is 15.4 Å². The maximum Gasteiger partial charge on any atom is 0.323 e. The molecule has 9 heteroatoms. The maximum absolute atomic E-state index is 13.6. The van der Waals surface area contributed by atoms with Gasteiger partial charge in [-0.05, 0) is 75.2 Å². The van der Waals surface area contributed by atoms with Crippen molar-refractivity contribution in [2.45, 2.75) is 58.1 Å². The van der Waals surface area contributed by atoms with Gasteiger partial charge in [-0.15, -0.1) is 0 Å². The number of aliphatic hydroxyl groups excluding tert-OH is 1. The summed E-state index contributed by atoms with van der Waals surface area (Å²) in [5.41, 5.74) is 1.19. The van der Waals surface area contributed by atoms with E-state index in [1.54, 1.807) is 23.1 Å². The Bertz CT molecular complexity index is 1120. The lowest BCUT2D eigenvalue weighted by atomic mass is 9.89. The van der Waals surface area contributed by atoms with Gasteiger partial charge in [0.25, 0.3) is 5.91 Å². The number of rotatable bonds is 8. The number of benzene rings is 2. The van der Waals surface area contributed by atoms with Gasteiger partial charge in [0.05, 0.1) is 18.2 Å². The van der Waals surface area contributed by atoms with Crippen molar-refractivity contribution in [2.75, 3.05) is 43.9 Å². The Morgan fingerprint density at radius 3 is 2.46 bits per heavy atom. The summed E-state index contributed by atoms with van der Waals surface area (Å²) in [6.07, 6.45) is 6.33. The van der Waals surface area contributed by atoms with Gasteiger partial charge in [-0.3, -0.25) is 4.79 Å². The predicted molar refractivity (Wildman–Crippen MR) is 151 cm³/mol. The number of fused-ring (bicyclic) bond motifs is 1. The molecule has 3 atom stereocenters. The van der Waals surface area contributed by atoms with E-state index in [4.69, 9.17) is 4.74 Å². The molecule has 3 amide bonds. The minimum absolute atomic E-state index is 0.0456. The number of anilines is 2. The Labute approximate surface area is 230 Å². The monoisotopic (exact) mass is 540 g/mol. The number of carbonyl (C=O) groups excluding carboxylic acids is 2. The molecule has 0 radical (unpaired) electrons. The van der Waals surface area contributed by atoms with Crippen LogP contribution in [-0.2, 0) is 0 Å². The molecule has 0 aromatic heterocycles. The molecule has 1 aliphatic carbocycles. The summed E-state index contributed by atoms with van der Waals surface area (Å²) >= 11 is 0. The molecule has 2 aromatic carbocycles. The normalized spacial score (nSPS) is 21.0. The van der Waals surface area contributed by atoms with Crippen LogP contribution in [0.4, 0.5) is 20.6 Å². The summed E-state index contributed by atoms with van der Waals surface area (Å²) in [4.78, 5) is 30.2. The number of halogens is 1. The molecule has 1 fully saturated rings. The first-order valence-electron chi connectivity index (χ1n) is 14.0. The van der Waals surface area contributed by atoms with Gasteiger partial charge >= 0.3 is 6.03 Å². The number of nitrogens with one attached hydrogen (secondary N) is 2. The molecule has 2 aromatic rings. The highest BCUT2D eigenvalue weighted by molar-refractivity contribution is 6.02. The molecule has 4 rings (SSSR count). The van der Waals surface area contributed by atoms with Gasteiger partial charge in [0.2, 0.25) is 0 Å². The van der Waals surface area contributed by atoms with Crippen LogP contribution in [0.25, 0.3) is 0 Å². The molecular formula is C30H41FN4O4. The lowest BCUT2D eigenvalue weighted by Gasteiger charge is -2.38. The van der Waals surface area contributed by atoms with Crippen molar-refractivity contribution in [1.82, 2.24) is 9.80 Å². The summed E-state index contributed by atoms with van der Waals surface area (Å²) in [5, 5.41) is 15.3. The SMILES string of the molecule is C[C@@H]1CN([C@@H](C)CO)C(=O)c2cc(NC(=O)Nc3ccc(F)cc3)ccc2O[C@@H]1CN(C)CC1CCCCC1. The van der Waals surface area contributed by atoms with E-state index in [1.807, 2.05) is 6.92 Å². The first-order valence-corrected chi connectivity index (χ1v) is 14.0. The highest BCUT2D eigenvalue weighted by Crippen LogP contribution is 2.31. The molecule has 1 saturated carbocycles. The second-order valence-electron chi connectivity index (χ2n) is 11.1. The van der Waals surface area contributed by atoms with Crippen molar-refractivity contribution >= 4 is 23.3 Å². The van der Waals surface area contributed by atoms with Crippen LogP contribution in [0.5, 0.6) is 5.75 Å². The van der Waals surface area contributed by atoms with Gasteiger partial charge in [-0.2, -0.15) is 0 Å². The van der Waals surface area contributed by atoms with Crippen LogP contribution in [0.2, 0.25) is 0 Å². The Hall–Kier alpha value is -3.17. The highest BCUT2D eigenvalue weighted by Gasteiger charge is 2.34.